The SMILES string of the molecule is CSCC[C@@H](NC(N)=O)C(=O)[O-]. The van der Waals surface area contributed by atoms with Crippen LogP contribution in [0, 0.1) is 0 Å². The van der Waals surface area contributed by atoms with Crippen molar-refractivity contribution in [3.8, 4) is 0 Å². The molecule has 0 heterocycles. The monoisotopic (exact) mass is 191 g/mol. The van der Waals surface area contributed by atoms with Crippen molar-refractivity contribution < 1.29 is 14.7 Å². The first-order valence-corrected chi connectivity index (χ1v) is 4.73. The number of urea groups is 1. The summed E-state index contributed by atoms with van der Waals surface area (Å²) >= 11 is 1.49. The van der Waals surface area contributed by atoms with Crippen molar-refractivity contribution in [1.82, 2.24) is 5.32 Å². The molecular weight excluding hydrogens is 180 g/mol. The standard InChI is InChI=1S/C6H12N2O3S/c1-12-3-2-4(5(9)10)8-6(7)11/h4H,2-3H2,1H3,(H,9,10)(H3,7,8,11)/p-1/t4-/m1/s1. The average Bonchev–Trinajstić information content (AvgIpc) is 1.96. The first-order chi connectivity index (χ1) is 5.57. The van der Waals surface area contributed by atoms with E-state index in [1.807, 2.05) is 6.26 Å². The molecule has 0 radical (unpaired) electrons. The van der Waals surface area contributed by atoms with Crippen LogP contribution in [0.2, 0.25) is 0 Å². The second-order valence-corrected chi connectivity index (χ2v) is 3.15. The molecule has 0 saturated heterocycles. The van der Waals surface area contributed by atoms with Crippen molar-refractivity contribution in [1.29, 1.82) is 0 Å². The summed E-state index contributed by atoms with van der Waals surface area (Å²) in [4.78, 5) is 20.6. The van der Waals surface area contributed by atoms with Crippen LogP contribution in [0.3, 0.4) is 0 Å². The van der Waals surface area contributed by atoms with Gasteiger partial charge in [-0.1, -0.05) is 0 Å². The maximum atomic E-state index is 10.4. The molecule has 1 atom stereocenters. The number of thioether (sulfide) groups is 1. The van der Waals surface area contributed by atoms with Crippen LogP contribution in [0.25, 0.3) is 0 Å². The fourth-order valence-corrected chi connectivity index (χ4v) is 1.13. The Balaban J connectivity index is 3.87. The van der Waals surface area contributed by atoms with Gasteiger partial charge in [-0.2, -0.15) is 11.8 Å². The topological polar surface area (TPSA) is 95.2 Å². The molecule has 0 saturated carbocycles. The second kappa shape index (κ2) is 5.70. The van der Waals surface area contributed by atoms with Gasteiger partial charge in [-0.15, -0.1) is 0 Å². The summed E-state index contributed by atoms with van der Waals surface area (Å²) < 4.78 is 0. The summed E-state index contributed by atoms with van der Waals surface area (Å²) in [5.74, 6) is -0.665. The minimum absolute atomic E-state index is 0.326. The maximum Gasteiger partial charge on any atom is 0.312 e. The number of hydrogen-bond donors (Lipinski definition) is 2. The summed E-state index contributed by atoms with van der Waals surface area (Å²) in [6, 6.07) is -1.82. The van der Waals surface area contributed by atoms with Gasteiger partial charge in [0.05, 0.1) is 12.0 Å². The number of hydrogen-bond acceptors (Lipinski definition) is 4. The molecule has 0 aromatic rings. The minimum Gasteiger partial charge on any atom is -0.548 e. The van der Waals surface area contributed by atoms with Crippen molar-refractivity contribution in [3.63, 3.8) is 0 Å². The van der Waals surface area contributed by atoms with E-state index in [0.717, 1.165) is 0 Å². The lowest BCUT2D eigenvalue weighted by Crippen LogP contribution is -2.49. The van der Waals surface area contributed by atoms with Crippen LogP contribution in [0.4, 0.5) is 4.79 Å². The van der Waals surface area contributed by atoms with E-state index in [0.29, 0.717) is 12.2 Å². The van der Waals surface area contributed by atoms with Crippen LogP contribution in [0.5, 0.6) is 0 Å². The highest BCUT2D eigenvalue weighted by molar-refractivity contribution is 7.98. The Kier molecular flexibility index (Phi) is 5.27. The highest BCUT2D eigenvalue weighted by atomic mass is 32.2. The third-order valence-corrected chi connectivity index (χ3v) is 1.86. The van der Waals surface area contributed by atoms with Crippen LogP contribution in [-0.2, 0) is 4.79 Å². The predicted molar refractivity (Wildman–Crippen MR) is 44.5 cm³/mol. The van der Waals surface area contributed by atoms with Crippen LogP contribution in [0.1, 0.15) is 6.42 Å². The van der Waals surface area contributed by atoms with E-state index in [9.17, 15) is 14.7 Å². The van der Waals surface area contributed by atoms with E-state index in [1.54, 1.807) is 0 Å². The molecule has 3 N–H and O–H groups in total. The Hall–Kier alpha value is -0.910. The number of nitrogens with two attached hydrogens (primary N) is 1. The zero-order valence-corrected chi connectivity index (χ0v) is 7.52. The van der Waals surface area contributed by atoms with Crippen molar-refractivity contribution in [2.45, 2.75) is 12.5 Å². The van der Waals surface area contributed by atoms with Gasteiger partial charge in [0.1, 0.15) is 0 Å². The fraction of sp³-hybridized carbons (Fsp3) is 0.667. The zero-order chi connectivity index (χ0) is 9.56. The summed E-state index contributed by atoms with van der Waals surface area (Å²) in [6.07, 6.45) is 2.17. The quantitative estimate of drug-likeness (QED) is 0.554. The molecule has 0 rings (SSSR count). The first kappa shape index (κ1) is 11.1. The largest absolute Gasteiger partial charge is 0.548 e. The molecule has 70 valence electrons. The number of carboxylic acid groups (broad SMARTS) is 1. The van der Waals surface area contributed by atoms with Crippen LogP contribution < -0.4 is 16.2 Å². The number of nitrogens with one attached hydrogen (secondary N) is 1. The number of carboxylic acids is 1. The lowest BCUT2D eigenvalue weighted by Gasteiger charge is -2.17. The Labute approximate surface area is 74.7 Å². The molecule has 0 aliphatic heterocycles. The van der Waals surface area contributed by atoms with E-state index in [2.05, 4.69) is 5.32 Å². The third-order valence-electron chi connectivity index (χ3n) is 1.21. The molecule has 0 bridgehead atoms. The normalized spacial score (nSPS) is 12.1. The minimum atomic E-state index is -1.30. The number of aliphatic carboxylic acids is 1. The molecule has 0 aromatic heterocycles. The van der Waals surface area contributed by atoms with Gasteiger partial charge in [0, 0.05) is 0 Å². The molecule has 0 aromatic carbocycles. The third kappa shape index (κ3) is 4.84. The summed E-state index contributed by atoms with van der Waals surface area (Å²) in [5.41, 5.74) is 4.75. The van der Waals surface area contributed by atoms with Crippen molar-refractivity contribution >= 4 is 23.8 Å². The molecule has 2 amide bonds. The van der Waals surface area contributed by atoms with E-state index in [4.69, 9.17) is 5.73 Å². The van der Waals surface area contributed by atoms with Gasteiger partial charge in [-0.05, 0) is 18.4 Å². The van der Waals surface area contributed by atoms with Gasteiger partial charge in [0.25, 0.3) is 0 Å². The average molecular weight is 191 g/mol. The second-order valence-electron chi connectivity index (χ2n) is 2.16. The maximum absolute atomic E-state index is 10.4. The lowest BCUT2D eigenvalue weighted by molar-refractivity contribution is -0.308. The van der Waals surface area contributed by atoms with Crippen LogP contribution in [-0.4, -0.2) is 30.1 Å². The van der Waals surface area contributed by atoms with Gasteiger partial charge in [-0.25, -0.2) is 4.79 Å². The van der Waals surface area contributed by atoms with Crippen molar-refractivity contribution in [2.75, 3.05) is 12.0 Å². The molecule has 5 nitrogen and oxygen atoms in total. The number of rotatable bonds is 5. The molecule has 0 aliphatic rings. The van der Waals surface area contributed by atoms with E-state index >= 15 is 0 Å². The number of carbonyl (C=O) groups is 2. The molecule has 0 unspecified atom stereocenters. The van der Waals surface area contributed by atoms with Gasteiger partial charge in [0.2, 0.25) is 0 Å². The molecule has 0 fully saturated rings. The number of amides is 2. The van der Waals surface area contributed by atoms with E-state index in [1.165, 1.54) is 11.8 Å². The summed E-state index contributed by atoms with van der Waals surface area (Å²) in [6.45, 7) is 0. The Morgan fingerprint density at radius 2 is 2.25 bits per heavy atom. The zero-order valence-electron chi connectivity index (χ0n) is 6.70. The fourth-order valence-electron chi connectivity index (χ4n) is 0.656. The molecule has 0 spiro atoms. The first-order valence-electron chi connectivity index (χ1n) is 3.33. The highest BCUT2D eigenvalue weighted by Gasteiger charge is 2.09. The summed E-state index contributed by atoms with van der Waals surface area (Å²) in [5, 5.41) is 12.4. The molecule has 12 heavy (non-hydrogen) atoms. The Bertz CT molecular complexity index is 174. The van der Waals surface area contributed by atoms with E-state index < -0.39 is 18.0 Å². The number of carbonyl (C=O) groups excluding carboxylic acids is 2. The van der Waals surface area contributed by atoms with Gasteiger partial charge in [-0.3, -0.25) is 0 Å². The van der Waals surface area contributed by atoms with Gasteiger partial charge >= 0.3 is 6.03 Å². The lowest BCUT2D eigenvalue weighted by atomic mass is 10.2. The molecule has 0 aliphatic carbocycles. The smallest absolute Gasteiger partial charge is 0.312 e. The van der Waals surface area contributed by atoms with Crippen molar-refractivity contribution in [2.24, 2.45) is 5.73 Å². The summed E-state index contributed by atoms with van der Waals surface area (Å²) in [7, 11) is 0. The Morgan fingerprint density at radius 1 is 1.67 bits per heavy atom. The van der Waals surface area contributed by atoms with Crippen molar-refractivity contribution in [3.05, 3.63) is 0 Å². The van der Waals surface area contributed by atoms with Crippen LogP contribution in [0.15, 0.2) is 0 Å². The molecular formula is C6H11N2O3S-. The van der Waals surface area contributed by atoms with Gasteiger partial charge in [0.15, 0.2) is 0 Å². The predicted octanol–water partition coefficient (Wildman–Crippen LogP) is -1.47. The van der Waals surface area contributed by atoms with E-state index in [-0.39, 0.29) is 0 Å². The highest BCUT2D eigenvalue weighted by Crippen LogP contribution is 1.99. The van der Waals surface area contributed by atoms with Gasteiger partial charge < -0.3 is 21.0 Å². The molecule has 6 heteroatoms. The Morgan fingerprint density at radius 3 is 2.58 bits per heavy atom. The van der Waals surface area contributed by atoms with Crippen LogP contribution >= 0.6 is 11.8 Å². The number of primary amides is 1.